The summed E-state index contributed by atoms with van der Waals surface area (Å²) in [5.41, 5.74) is 1.53. The molecular weight excluding hydrogens is 530 g/mol. The number of thiophene rings is 1. The van der Waals surface area contributed by atoms with E-state index in [1.807, 2.05) is 6.07 Å². The Morgan fingerprint density at radius 3 is 2.39 bits per heavy atom. The summed E-state index contributed by atoms with van der Waals surface area (Å²) in [4.78, 5) is 35.1. The topological polar surface area (TPSA) is 151 Å². The molecule has 1 aliphatic heterocycles. The molecule has 0 atom stereocenters. The minimum Gasteiger partial charge on any atom is -0.382 e. The highest BCUT2D eigenvalue weighted by molar-refractivity contribution is 7.91. The number of hydrogen-bond acceptors (Lipinski definition) is 8. The molecule has 13 heteroatoms. The molecule has 0 spiro atoms. The first-order valence-corrected chi connectivity index (χ1v) is 14.1. The van der Waals surface area contributed by atoms with Gasteiger partial charge >= 0.3 is 0 Å². The van der Waals surface area contributed by atoms with Gasteiger partial charge in [-0.1, -0.05) is 6.07 Å². The van der Waals surface area contributed by atoms with Crippen LogP contribution in [0.4, 0.5) is 11.4 Å². The van der Waals surface area contributed by atoms with E-state index in [2.05, 4.69) is 16.0 Å². The van der Waals surface area contributed by atoms with Gasteiger partial charge in [0.15, 0.2) is 0 Å². The van der Waals surface area contributed by atoms with Gasteiger partial charge in [-0.15, -0.1) is 11.3 Å². The highest BCUT2D eigenvalue weighted by Gasteiger charge is 2.30. The van der Waals surface area contributed by atoms with Crippen molar-refractivity contribution in [2.24, 2.45) is 0 Å². The Labute approximate surface area is 224 Å². The Bertz CT molecular complexity index is 1430. The van der Waals surface area contributed by atoms with Gasteiger partial charge < -0.3 is 16.0 Å². The molecule has 1 aliphatic rings. The summed E-state index contributed by atoms with van der Waals surface area (Å²) in [6.07, 6.45) is 1.24. The van der Waals surface area contributed by atoms with Crippen molar-refractivity contribution < 1.29 is 22.9 Å². The number of amides is 2. The van der Waals surface area contributed by atoms with Crippen LogP contribution < -0.4 is 16.0 Å². The molecule has 3 aromatic rings. The highest BCUT2D eigenvalue weighted by atomic mass is 32.2. The van der Waals surface area contributed by atoms with Crippen LogP contribution in [0.2, 0.25) is 0 Å². The molecule has 1 saturated heterocycles. The van der Waals surface area contributed by atoms with Crippen LogP contribution >= 0.6 is 11.3 Å². The normalized spacial score (nSPS) is 14.6. The SMILES string of the molecule is CNC(=O)c1cccc(NC2CCN(S(=O)(=O)c3ccc(CNC(=O)c4ccc([N+](=O)[O-])cc4)s3)CC2)c1. The number of sulfonamides is 1. The van der Waals surface area contributed by atoms with E-state index in [-0.39, 0.29) is 34.0 Å². The van der Waals surface area contributed by atoms with E-state index in [1.54, 1.807) is 37.4 Å². The fraction of sp³-hybridized carbons (Fsp3) is 0.280. The number of carbonyl (C=O) groups excluding carboxylic acids is 2. The van der Waals surface area contributed by atoms with E-state index in [1.165, 1.54) is 28.6 Å². The molecule has 4 rings (SSSR count). The lowest BCUT2D eigenvalue weighted by Gasteiger charge is -2.31. The standard InChI is InChI=1S/C25H27N5O6S2/c1-26-24(31)18-3-2-4-20(15-18)28-19-11-13-29(14-12-19)38(35,36)23-10-9-22(37-23)16-27-25(32)17-5-7-21(8-6-17)30(33)34/h2-10,15,19,28H,11-14,16H2,1H3,(H,26,31)(H,27,32). The van der Waals surface area contributed by atoms with Crippen molar-refractivity contribution in [1.82, 2.24) is 14.9 Å². The van der Waals surface area contributed by atoms with Gasteiger partial charge in [-0.05, 0) is 55.3 Å². The lowest BCUT2D eigenvalue weighted by atomic mass is 10.1. The average Bonchev–Trinajstić information content (AvgIpc) is 3.42. The molecule has 0 saturated carbocycles. The number of nitrogens with one attached hydrogen (secondary N) is 3. The zero-order chi connectivity index (χ0) is 27.3. The fourth-order valence-corrected chi connectivity index (χ4v) is 7.01. The number of hydrogen-bond donors (Lipinski definition) is 3. The van der Waals surface area contributed by atoms with Crippen molar-refractivity contribution in [2.45, 2.75) is 29.6 Å². The Balaban J connectivity index is 1.30. The van der Waals surface area contributed by atoms with Crippen LogP contribution in [0, 0.1) is 10.1 Å². The van der Waals surface area contributed by atoms with Gasteiger partial charge in [0.1, 0.15) is 4.21 Å². The van der Waals surface area contributed by atoms with E-state index >= 15 is 0 Å². The first-order valence-electron chi connectivity index (χ1n) is 11.9. The van der Waals surface area contributed by atoms with Crippen LogP contribution in [0.3, 0.4) is 0 Å². The molecule has 3 N–H and O–H groups in total. The van der Waals surface area contributed by atoms with Gasteiger partial charge in [0, 0.05) is 60.0 Å². The quantitative estimate of drug-likeness (QED) is 0.270. The molecule has 38 heavy (non-hydrogen) atoms. The van der Waals surface area contributed by atoms with Crippen LogP contribution in [0.15, 0.2) is 64.9 Å². The third-order valence-corrected chi connectivity index (χ3v) is 9.62. The number of nitro benzene ring substituents is 1. The number of carbonyl (C=O) groups is 2. The fourth-order valence-electron chi connectivity index (χ4n) is 4.09. The maximum absolute atomic E-state index is 13.2. The lowest BCUT2D eigenvalue weighted by Crippen LogP contribution is -2.42. The Morgan fingerprint density at radius 1 is 1.03 bits per heavy atom. The van der Waals surface area contributed by atoms with Crippen LogP contribution in [0.25, 0.3) is 0 Å². The summed E-state index contributed by atoms with van der Waals surface area (Å²) >= 11 is 1.10. The Kier molecular flexibility index (Phi) is 8.39. The molecule has 2 aromatic carbocycles. The smallest absolute Gasteiger partial charge is 0.269 e. The number of piperidine rings is 1. The summed E-state index contributed by atoms with van der Waals surface area (Å²) in [6.45, 7) is 0.857. The molecule has 1 aromatic heterocycles. The second-order valence-corrected chi connectivity index (χ2v) is 12.0. The van der Waals surface area contributed by atoms with Gasteiger partial charge in [0.05, 0.1) is 11.5 Å². The largest absolute Gasteiger partial charge is 0.382 e. The number of benzene rings is 2. The summed E-state index contributed by atoms with van der Waals surface area (Å²) in [7, 11) is -2.09. The highest BCUT2D eigenvalue weighted by Crippen LogP contribution is 2.28. The number of rotatable bonds is 9. The monoisotopic (exact) mass is 557 g/mol. The van der Waals surface area contributed by atoms with Crippen LogP contribution in [-0.4, -0.2) is 55.6 Å². The maximum atomic E-state index is 13.2. The zero-order valence-corrected chi connectivity index (χ0v) is 22.2. The van der Waals surface area contributed by atoms with E-state index in [9.17, 15) is 28.1 Å². The van der Waals surface area contributed by atoms with Gasteiger partial charge in [-0.2, -0.15) is 4.31 Å². The molecule has 0 radical (unpaired) electrons. The van der Waals surface area contributed by atoms with Crippen molar-refractivity contribution in [1.29, 1.82) is 0 Å². The minimum absolute atomic E-state index is 0.0786. The lowest BCUT2D eigenvalue weighted by molar-refractivity contribution is -0.384. The van der Waals surface area contributed by atoms with E-state index in [0.29, 0.717) is 36.4 Å². The van der Waals surface area contributed by atoms with E-state index in [0.717, 1.165) is 17.0 Å². The van der Waals surface area contributed by atoms with Crippen LogP contribution in [0.1, 0.15) is 38.4 Å². The molecule has 2 amide bonds. The second kappa shape index (κ2) is 11.7. The van der Waals surface area contributed by atoms with Crippen molar-refractivity contribution in [3.05, 3.63) is 86.8 Å². The average molecular weight is 558 g/mol. The molecule has 0 aliphatic carbocycles. The first kappa shape index (κ1) is 27.2. The molecule has 2 heterocycles. The third kappa shape index (κ3) is 6.36. The molecule has 0 unspecified atom stereocenters. The second-order valence-electron chi connectivity index (χ2n) is 8.69. The number of non-ortho nitro benzene ring substituents is 1. The van der Waals surface area contributed by atoms with Crippen LogP contribution in [-0.2, 0) is 16.6 Å². The molecule has 200 valence electrons. The Hall–Kier alpha value is -3.81. The van der Waals surface area contributed by atoms with E-state index < -0.39 is 20.9 Å². The zero-order valence-electron chi connectivity index (χ0n) is 20.5. The molecular formula is C25H27N5O6S2. The molecule has 1 fully saturated rings. The summed E-state index contributed by atoms with van der Waals surface area (Å²) in [5, 5.41) is 19.5. The van der Waals surface area contributed by atoms with Crippen molar-refractivity contribution >= 4 is 44.5 Å². The summed E-state index contributed by atoms with van der Waals surface area (Å²) < 4.78 is 28.1. The molecule has 11 nitrogen and oxygen atoms in total. The number of nitrogens with zero attached hydrogens (tertiary/aromatic N) is 2. The summed E-state index contributed by atoms with van der Waals surface area (Å²) in [6, 6.07) is 15.7. The summed E-state index contributed by atoms with van der Waals surface area (Å²) in [5.74, 6) is -0.580. The van der Waals surface area contributed by atoms with Gasteiger partial charge in [-0.25, -0.2) is 8.42 Å². The van der Waals surface area contributed by atoms with Gasteiger partial charge in [-0.3, -0.25) is 19.7 Å². The predicted octanol–water partition coefficient (Wildman–Crippen LogP) is 3.21. The third-order valence-electron chi connectivity index (χ3n) is 6.17. The van der Waals surface area contributed by atoms with Crippen LogP contribution in [0.5, 0.6) is 0 Å². The van der Waals surface area contributed by atoms with Crippen molar-refractivity contribution in [3.63, 3.8) is 0 Å². The van der Waals surface area contributed by atoms with Gasteiger partial charge in [0.25, 0.3) is 27.5 Å². The number of anilines is 1. The first-order chi connectivity index (χ1) is 18.2. The van der Waals surface area contributed by atoms with Crippen molar-refractivity contribution in [2.75, 3.05) is 25.5 Å². The predicted molar refractivity (Wildman–Crippen MR) is 144 cm³/mol. The van der Waals surface area contributed by atoms with Gasteiger partial charge in [0.2, 0.25) is 0 Å². The van der Waals surface area contributed by atoms with Crippen molar-refractivity contribution in [3.8, 4) is 0 Å². The minimum atomic E-state index is -3.67. The number of nitro groups is 1. The maximum Gasteiger partial charge on any atom is 0.269 e. The van der Waals surface area contributed by atoms with E-state index in [4.69, 9.17) is 0 Å². The Morgan fingerprint density at radius 2 is 1.74 bits per heavy atom. The molecule has 0 bridgehead atoms.